The first kappa shape index (κ1) is 15.1. The maximum absolute atomic E-state index is 13.3. The molecule has 0 fully saturated rings. The van der Waals surface area contributed by atoms with E-state index in [9.17, 15) is 12.8 Å². The van der Waals surface area contributed by atoms with Crippen LogP contribution in [0.4, 0.5) is 10.1 Å². The molecule has 1 aliphatic heterocycles. The summed E-state index contributed by atoms with van der Waals surface area (Å²) >= 11 is 5.92. The van der Waals surface area contributed by atoms with Gasteiger partial charge in [0.25, 0.3) is 10.0 Å². The topological polar surface area (TPSA) is 46.6 Å². The molecule has 0 spiro atoms. The van der Waals surface area contributed by atoms with E-state index >= 15 is 0 Å². The lowest BCUT2D eigenvalue weighted by Crippen LogP contribution is -2.29. The highest BCUT2D eigenvalue weighted by Gasteiger charge is 2.33. The molecule has 22 heavy (non-hydrogen) atoms. The summed E-state index contributed by atoms with van der Waals surface area (Å²) in [6.07, 6.45) is 0.467. The van der Waals surface area contributed by atoms with Crippen molar-refractivity contribution >= 4 is 27.3 Å². The van der Waals surface area contributed by atoms with Crippen molar-refractivity contribution in [1.29, 1.82) is 0 Å². The van der Waals surface area contributed by atoms with Crippen LogP contribution in [-0.4, -0.2) is 22.1 Å². The van der Waals surface area contributed by atoms with Crippen LogP contribution >= 0.6 is 11.6 Å². The van der Waals surface area contributed by atoms with Crippen molar-refractivity contribution in [2.45, 2.75) is 11.3 Å². The molecule has 0 N–H and O–H groups in total. The van der Waals surface area contributed by atoms with Gasteiger partial charge in [-0.3, -0.25) is 4.31 Å². The number of nitrogens with zero attached hydrogens (tertiary/aromatic N) is 1. The van der Waals surface area contributed by atoms with Crippen LogP contribution in [0.25, 0.3) is 0 Å². The van der Waals surface area contributed by atoms with Crippen molar-refractivity contribution in [1.82, 2.24) is 0 Å². The Labute approximate surface area is 133 Å². The molecule has 116 valence electrons. The summed E-state index contributed by atoms with van der Waals surface area (Å²) < 4.78 is 45.5. The van der Waals surface area contributed by atoms with Crippen LogP contribution in [0.15, 0.2) is 41.3 Å². The minimum Gasteiger partial charge on any atom is -0.495 e. The number of halogens is 2. The summed E-state index contributed by atoms with van der Waals surface area (Å²) in [7, 11) is -2.43. The van der Waals surface area contributed by atoms with E-state index in [4.69, 9.17) is 16.3 Å². The summed E-state index contributed by atoms with van der Waals surface area (Å²) in [6, 6.07) is 8.52. The molecule has 2 aromatic rings. The van der Waals surface area contributed by atoms with Gasteiger partial charge < -0.3 is 4.74 Å². The van der Waals surface area contributed by atoms with E-state index in [-0.39, 0.29) is 23.0 Å². The molecule has 0 unspecified atom stereocenters. The van der Waals surface area contributed by atoms with Crippen LogP contribution in [-0.2, 0) is 16.4 Å². The van der Waals surface area contributed by atoms with E-state index in [1.807, 2.05) is 0 Å². The summed E-state index contributed by atoms with van der Waals surface area (Å²) in [4.78, 5) is -0.000301. The quantitative estimate of drug-likeness (QED) is 0.861. The van der Waals surface area contributed by atoms with E-state index in [2.05, 4.69) is 0 Å². The van der Waals surface area contributed by atoms with E-state index in [1.54, 1.807) is 6.07 Å². The molecule has 0 atom stereocenters. The number of hydrogen-bond donors (Lipinski definition) is 0. The maximum atomic E-state index is 13.3. The standard InChI is InChI=1S/C15H13ClFNO3S/c1-21-14-5-2-11(16)9-15(14)22(19,20)18-7-6-10-8-12(17)3-4-13(10)18/h2-5,8-9H,6-7H2,1H3. The van der Waals surface area contributed by atoms with Gasteiger partial charge in [-0.15, -0.1) is 0 Å². The molecule has 3 rings (SSSR count). The highest BCUT2D eigenvalue weighted by Crippen LogP contribution is 2.36. The molecule has 0 saturated carbocycles. The highest BCUT2D eigenvalue weighted by atomic mass is 35.5. The summed E-state index contributed by atoms with van der Waals surface area (Å²) in [6.45, 7) is 0.261. The van der Waals surface area contributed by atoms with Gasteiger partial charge in [0.1, 0.15) is 16.5 Å². The normalized spacial score (nSPS) is 14.0. The second-order valence-electron chi connectivity index (χ2n) is 4.90. The van der Waals surface area contributed by atoms with Gasteiger partial charge in [0.2, 0.25) is 0 Å². The molecule has 7 heteroatoms. The fourth-order valence-electron chi connectivity index (χ4n) is 2.56. The summed E-state index contributed by atoms with van der Waals surface area (Å²) in [5.41, 5.74) is 1.16. The van der Waals surface area contributed by atoms with Crippen molar-refractivity contribution < 1.29 is 17.5 Å². The lowest BCUT2D eigenvalue weighted by Gasteiger charge is -2.21. The number of sulfonamides is 1. The second kappa shape index (κ2) is 5.44. The van der Waals surface area contributed by atoms with Crippen molar-refractivity contribution in [2.75, 3.05) is 18.0 Å². The summed E-state index contributed by atoms with van der Waals surface area (Å²) in [5.74, 6) is -0.154. The zero-order chi connectivity index (χ0) is 15.9. The Hall–Kier alpha value is -1.79. The Balaban J connectivity index is 2.12. The largest absolute Gasteiger partial charge is 0.495 e. The maximum Gasteiger partial charge on any atom is 0.268 e. The Bertz CT molecular complexity index is 839. The zero-order valence-corrected chi connectivity index (χ0v) is 13.3. The van der Waals surface area contributed by atoms with Crippen molar-refractivity contribution in [3.05, 3.63) is 52.8 Å². The Kier molecular flexibility index (Phi) is 3.74. The average molecular weight is 342 g/mol. The molecule has 0 amide bonds. The molecule has 0 bridgehead atoms. The molecule has 0 aliphatic carbocycles. The second-order valence-corrected chi connectivity index (χ2v) is 7.16. The van der Waals surface area contributed by atoms with Crippen LogP contribution in [0.5, 0.6) is 5.75 Å². The SMILES string of the molecule is COc1ccc(Cl)cc1S(=O)(=O)N1CCc2cc(F)ccc21. The van der Waals surface area contributed by atoms with Crippen LogP contribution < -0.4 is 9.04 Å². The van der Waals surface area contributed by atoms with Gasteiger partial charge in [-0.05, 0) is 48.4 Å². The van der Waals surface area contributed by atoms with Crippen molar-refractivity contribution in [3.63, 3.8) is 0 Å². The number of hydrogen-bond acceptors (Lipinski definition) is 3. The molecule has 4 nitrogen and oxygen atoms in total. The molecule has 1 aliphatic rings. The number of methoxy groups -OCH3 is 1. The minimum atomic E-state index is -3.83. The van der Waals surface area contributed by atoms with Crippen LogP contribution in [0.3, 0.4) is 0 Å². The lowest BCUT2D eigenvalue weighted by molar-refractivity contribution is 0.402. The van der Waals surface area contributed by atoms with Gasteiger partial charge in [-0.2, -0.15) is 0 Å². The van der Waals surface area contributed by atoms with Gasteiger partial charge in [-0.25, -0.2) is 12.8 Å². The highest BCUT2D eigenvalue weighted by molar-refractivity contribution is 7.93. The Morgan fingerprint density at radius 3 is 2.73 bits per heavy atom. The number of benzene rings is 2. The smallest absolute Gasteiger partial charge is 0.268 e. The van der Waals surface area contributed by atoms with Gasteiger partial charge in [0, 0.05) is 11.6 Å². The Morgan fingerprint density at radius 2 is 2.00 bits per heavy atom. The van der Waals surface area contributed by atoms with E-state index < -0.39 is 10.0 Å². The molecule has 2 aromatic carbocycles. The third-order valence-corrected chi connectivity index (χ3v) is 5.66. The number of rotatable bonds is 3. The molecule has 0 aromatic heterocycles. The first-order chi connectivity index (χ1) is 10.4. The van der Waals surface area contributed by atoms with Gasteiger partial charge in [0.15, 0.2) is 0 Å². The van der Waals surface area contributed by atoms with Crippen LogP contribution in [0, 0.1) is 5.82 Å². The molecule has 1 heterocycles. The van der Waals surface area contributed by atoms with Crippen molar-refractivity contribution in [2.24, 2.45) is 0 Å². The third-order valence-electron chi connectivity index (χ3n) is 3.59. The minimum absolute atomic E-state index is 0.000301. The fraction of sp³-hybridized carbons (Fsp3) is 0.200. The molecular weight excluding hydrogens is 329 g/mol. The number of anilines is 1. The lowest BCUT2D eigenvalue weighted by atomic mass is 10.2. The monoisotopic (exact) mass is 341 g/mol. The fourth-order valence-corrected chi connectivity index (χ4v) is 4.49. The van der Waals surface area contributed by atoms with E-state index in [1.165, 1.54) is 41.7 Å². The predicted molar refractivity (Wildman–Crippen MR) is 82.6 cm³/mol. The molecular formula is C15H13ClFNO3S. The first-order valence-corrected chi connectivity index (χ1v) is 8.40. The van der Waals surface area contributed by atoms with Gasteiger partial charge in [0.05, 0.1) is 12.8 Å². The zero-order valence-electron chi connectivity index (χ0n) is 11.7. The molecule has 0 saturated heterocycles. The van der Waals surface area contributed by atoms with Gasteiger partial charge in [-0.1, -0.05) is 11.6 Å². The average Bonchev–Trinajstić information content (AvgIpc) is 2.90. The summed E-state index contributed by atoms with van der Waals surface area (Å²) in [5, 5.41) is 0.304. The van der Waals surface area contributed by atoms with Crippen LogP contribution in [0.1, 0.15) is 5.56 Å². The van der Waals surface area contributed by atoms with Crippen LogP contribution in [0.2, 0.25) is 5.02 Å². The molecule has 0 radical (unpaired) electrons. The predicted octanol–water partition coefficient (Wildman–Crippen LogP) is 3.24. The number of ether oxygens (including phenoxy) is 1. The van der Waals surface area contributed by atoms with E-state index in [0.29, 0.717) is 22.7 Å². The third kappa shape index (κ3) is 2.42. The first-order valence-electron chi connectivity index (χ1n) is 6.58. The number of fused-ring (bicyclic) bond motifs is 1. The Morgan fingerprint density at radius 1 is 1.23 bits per heavy atom. The van der Waals surface area contributed by atoms with Gasteiger partial charge >= 0.3 is 0 Å². The van der Waals surface area contributed by atoms with E-state index in [0.717, 1.165) is 0 Å². The van der Waals surface area contributed by atoms with Crippen molar-refractivity contribution in [3.8, 4) is 5.75 Å².